The fourth-order valence-electron chi connectivity index (χ4n) is 3.95. The molecule has 1 aliphatic rings. The predicted molar refractivity (Wildman–Crippen MR) is 80.1 cm³/mol. The van der Waals surface area contributed by atoms with Gasteiger partial charge in [-0.3, -0.25) is 0 Å². The first-order valence-electron chi connectivity index (χ1n) is 7.38. The summed E-state index contributed by atoms with van der Waals surface area (Å²) in [4.78, 5) is 0. The van der Waals surface area contributed by atoms with E-state index in [2.05, 4.69) is 33.0 Å². The molecule has 1 aromatic rings. The van der Waals surface area contributed by atoms with Crippen molar-refractivity contribution in [3.8, 4) is 5.75 Å². The molecule has 0 spiro atoms. The molecule has 0 saturated heterocycles. The fraction of sp³-hybridized carbons (Fsp3) is 0.647. The second kappa shape index (κ2) is 5.36. The van der Waals surface area contributed by atoms with E-state index in [1.54, 1.807) is 12.1 Å². The maximum absolute atomic E-state index is 13.3. The maximum atomic E-state index is 13.3. The Kier molecular flexibility index (Phi) is 4.10. The van der Waals surface area contributed by atoms with Crippen molar-refractivity contribution < 1.29 is 9.50 Å². The third kappa shape index (κ3) is 3.72. The van der Waals surface area contributed by atoms with Crippen LogP contribution in [0.15, 0.2) is 18.2 Å². The van der Waals surface area contributed by atoms with Crippen LogP contribution in [0.2, 0.25) is 0 Å². The molecule has 0 radical (unpaired) electrons. The van der Waals surface area contributed by atoms with Gasteiger partial charge in [0.1, 0.15) is 0 Å². The molecule has 0 aliphatic heterocycles. The highest BCUT2D eigenvalue weighted by atomic mass is 19.1. The van der Waals surface area contributed by atoms with Gasteiger partial charge in [-0.1, -0.05) is 39.8 Å². The van der Waals surface area contributed by atoms with Crippen molar-refractivity contribution in [2.75, 3.05) is 0 Å². The molecule has 2 rings (SSSR count). The highest BCUT2D eigenvalue weighted by molar-refractivity contribution is 5.33. The quantitative estimate of drug-likeness (QED) is 0.868. The van der Waals surface area contributed by atoms with Crippen LogP contribution >= 0.6 is 0 Å². The molecule has 1 aromatic carbocycles. The van der Waals surface area contributed by atoms with E-state index in [0.29, 0.717) is 29.0 Å². The molecule has 0 atom stereocenters. The number of nitrogens with one attached hydrogen (secondary N) is 1. The summed E-state index contributed by atoms with van der Waals surface area (Å²) in [6, 6.07) is 5.10. The van der Waals surface area contributed by atoms with E-state index >= 15 is 0 Å². The molecule has 0 amide bonds. The van der Waals surface area contributed by atoms with Crippen molar-refractivity contribution in [3.63, 3.8) is 0 Å². The summed E-state index contributed by atoms with van der Waals surface area (Å²) < 4.78 is 13.3. The standard InChI is InChI=1S/C17H26FNO/c1-16(2)8-13(9-17(3,4)11-16)19-10-12-6-5-7-14(18)15(12)20/h5-7,13,19-20H,8-11H2,1-4H3. The number of hydrogen-bond acceptors (Lipinski definition) is 2. The highest BCUT2D eigenvalue weighted by Gasteiger charge is 2.38. The Balaban J connectivity index is 2.02. The van der Waals surface area contributed by atoms with Gasteiger partial charge < -0.3 is 10.4 Å². The molecule has 112 valence electrons. The lowest BCUT2D eigenvalue weighted by Gasteiger charge is -2.45. The van der Waals surface area contributed by atoms with Gasteiger partial charge >= 0.3 is 0 Å². The Bertz CT molecular complexity index is 466. The maximum Gasteiger partial charge on any atom is 0.165 e. The lowest BCUT2D eigenvalue weighted by atomic mass is 9.63. The normalized spacial score (nSPS) is 21.9. The van der Waals surface area contributed by atoms with Crippen LogP contribution in [0.4, 0.5) is 4.39 Å². The zero-order valence-corrected chi connectivity index (χ0v) is 13.0. The summed E-state index contributed by atoms with van der Waals surface area (Å²) in [5.41, 5.74) is 1.28. The SMILES string of the molecule is CC1(C)CC(NCc2cccc(F)c2O)CC(C)(C)C1. The molecule has 20 heavy (non-hydrogen) atoms. The van der Waals surface area contributed by atoms with E-state index in [9.17, 15) is 9.50 Å². The smallest absolute Gasteiger partial charge is 0.165 e. The largest absolute Gasteiger partial charge is 0.505 e. The summed E-state index contributed by atoms with van der Waals surface area (Å²) in [6.07, 6.45) is 3.46. The summed E-state index contributed by atoms with van der Waals surface area (Å²) in [5, 5.41) is 13.2. The molecular formula is C17H26FNO. The van der Waals surface area contributed by atoms with Crippen molar-refractivity contribution in [2.24, 2.45) is 10.8 Å². The molecule has 1 aliphatic carbocycles. The molecule has 0 unspecified atom stereocenters. The molecule has 0 heterocycles. The van der Waals surface area contributed by atoms with E-state index in [-0.39, 0.29) is 5.75 Å². The second-order valence-corrected chi connectivity index (χ2v) is 7.74. The van der Waals surface area contributed by atoms with Crippen LogP contribution < -0.4 is 5.32 Å². The number of benzene rings is 1. The number of phenols is 1. The predicted octanol–water partition coefficient (Wildman–Crippen LogP) is 4.23. The van der Waals surface area contributed by atoms with Gasteiger partial charge in [0.2, 0.25) is 0 Å². The minimum absolute atomic E-state index is 0.227. The van der Waals surface area contributed by atoms with Crippen LogP contribution in [-0.2, 0) is 6.54 Å². The van der Waals surface area contributed by atoms with Gasteiger partial charge in [0.15, 0.2) is 11.6 Å². The summed E-state index contributed by atoms with van der Waals surface area (Å²) in [5.74, 6) is -0.775. The fourth-order valence-corrected chi connectivity index (χ4v) is 3.95. The van der Waals surface area contributed by atoms with Gasteiger partial charge in [0, 0.05) is 18.2 Å². The molecule has 0 aromatic heterocycles. The lowest BCUT2D eigenvalue weighted by molar-refractivity contribution is 0.0844. The van der Waals surface area contributed by atoms with Gasteiger partial charge in [0.25, 0.3) is 0 Å². The average Bonchev–Trinajstić information content (AvgIpc) is 2.27. The van der Waals surface area contributed by atoms with E-state index < -0.39 is 5.82 Å². The Morgan fingerprint density at radius 3 is 2.40 bits per heavy atom. The van der Waals surface area contributed by atoms with Crippen molar-refractivity contribution in [2.45, 2.75) is 59.5 Å². The van der Waals surface area contributed by atoms with Gasteiger partial charge in [-0.25, -0.2) is 4.39 Å². The van der Waals surface area contributed by atoms with Gasteiger partial charge in [-0.15, -0.1) is 0 Å². The number of phenolic OH excluding ortho intramolecular Hbond substituents is 1. The van der Waals surface area contributed by atoms with Gasteiger partial charge in [-0.2, -0.15) is 0 Å². The van der Waals surface area contributed by atoms with E-state index in [4.69, 9.17) is 0 Å². The van der Waals surface area contributed by atoms with Crippen molar-refractivity contribution in [3.05, 3.63) is 29.6 Å². The van der Waals surface area contributed by atoms with E-state index in [1.165, 1.54) is 12.5 Å². The molecule has 1 fully saturated rings. The van der Waals surface area contributed by atoms with Crippen LogP contribution in [0, 0.1) is 16.6 Å². The third-order valence-corrected chi connectivity index (χ3v) is 4.21. The van der Waals surface area contributed by atoms with Crippen LogP contribution in [0.25, 0.3) is 0 Å². The average molecular weight is 279 g/mol. The first-order valence-corrected chi connectivity index (χ1v) is 7.38. The number of aromatic hydroxyl groups is 1. The van der Waals surface area contributed by atoms with E-state index in [1.807, 2.05) is 0 Å². The number of hydrogen-bond donors (Lipinski definition) is 2. The zero-order chi connectivity index (χ0) is 15.0. The first-order chi connectivity index (χ1) is 9.19. The van der Waals surface area contributed by atoms with Crippen LogP contribution in [0.3, 0.4) is 0 Å². The molecular weight excluding hydrogens is 253 g/mol. The number of para-hydroxylation sites is 1. The zero-order valence-electron chi connectivity index (χ0n) is 13.0. The monoisotopic (exact) mass is 279 g/mol. The molecule has 2 nitrogen and oxygen atoms in total. The Labute approximate surface area is 121 Å². The van der Waals surface area contributed by atoms with Crippen molar-refractivity contribution in [1.29, 1.82) is 0 Å². The summed E-state index contributed by atoms with van der Waals surface area (Å²) >= 11 is 0. The minimum atomic E-state index is -0.548. The van der Waals surface area contributed by atoms with Gasteiger partial charge in [0.05, 0.1) is 0 Å². The topological polar surface area (TPSA) is 32.3 Å². The molecule has 3 heteroatoms. The molecule has 2 N–H and O–H groups in total. The van der Waals surface area contributed by atoms with Crippen molar-refractivity contribution >= 4 is 0 Å². The van der Waals surface area contributed by atoms with Crippen LogP contribution in [-0.4, -0.2) is 11.1 Å². The highest BCUT2D eigenvalue weighted by Crippen LogP contribution is 2.45. The van der Waals surface area contributed by atoms with Gasteiger partial charge in [-0.05, 0) is 36.2 Å². The van der Waals surface area contributed by atoms with Crippen LogP contribution in [0.5, 0.6) is 5.75 Å². The molecule has 1 saturated carbocycles. The summed E-state index contributed by atoms with van der Waals surface area (Å²) in [6.45, 7) is 9.75. The van der Waals surface area contributed by atoms with Crippen LogP contribution in [0.1, 0.15) is 52.5 Å². The number of halogens is 1. The Hall–Kier alpha value is -1.09. The molecule has 0 bridgehead atoms. The van der Waals surface area contributed by atoms with E-state index in [0.717, 1.165) is 12.8 Å². The minimum Gasteiger partial charge on any atom is -0.505 e. The lowest BCUT2D eigenvalue weighted by Crippen LogP contribution is -2.43. The Morgan fingerprint density at radius 1 is 1.20 bits per heavy atom. The van der Waals surface area contributed by atoms with Crippen molar-refractivity contribution in [1.82, 2.24) is 5.32 Å². The number of rotatable bonds is 3. The summed E-state index contributed by atoms with van der Waals surface area (Å²) in [7, 11) is 0. The third-order valence-electron chi connectivity index (χ3n) is 4.21. The second-order valence-electron chi connectivity index (χ2n) is 7.74. The first kappa shape index (κ1) is 15.3. The Morgan fingerprint density at radius 2 is 1.80 bits per heavy atom.